The van der Waals surface area contributed by atoms with Gasteiger partial charge < -0.3 is 14.5 Å². The molecular formula is C20H24FNO3. The molecule has 4 nitrogen and oxygen atoms in total. The van der Waals surface area contributed by atoms with Crippen LogP contribution in [0.15, 0.2) is 40.8 Å². The molecule has 1 aromatic carbocycles. The number of halogens is 1. The first-order valence-electron chi connectivity index (χ1n) is 8.90. The number of benzene rings is 1. The van der Waals surface area contributed by atoms with Crippen LogP contribution >= 0.6 is 0 Å². The minimum atomic E-state index is -0.315. The van der Waals surface area contributed by atoms with E-state index in [-0.39, 0.29) is 11.7 Å². The minimum Gasteiger partial charge on any atom is -0.461 e. The monoisotopic (exact) mass is 345 g/mol. The Morgan fingerprint density at radius 1 is 1.24 bits per heavy atom. The molecular weight excluding hydrogens is 321 g/mol. The Morgan fingerprint density at radius 3 is 2.88 bits per heavy atom. The number of carbonyl (C=O) groups excluding carboxylic acids is 1. The summed E-state index contributed by atoms with van der Waals surface area (Å²) in [5.74, 6) is 1.62. The van der Waals surface area contributed by atoms with Gasteiger partial charge in [0.05, 0.1) is 5.56 Å². The molecule has 1 amide bonds. The fourth-order valence-electron chi connectivity index (χ4n) is 2.58. The van der Waals surface area contributed by atoms with Gasteiger partial charge in [-0.05, 0) is 49.4 Å². The standard InChI is InChI=1S/C20H24FNO3/c21-18-5-2-1-4-17(18)19-10-8-16(25-19)9-11-20(23)22-12-3-13-24-14-15-6-7-15/h1-2,4-5,8,10,15H,3,6-7,9,11-14H2,(H,22,23). The molecule has 1 aliphatic carbocycles. The van der Waals surface area contributed by atoms with E-state index in [0.29, 0.717) is 43.1 Å². The molecule has 0 atom stereocenters. The van der Waals surface area contributed by atoms with Gasteiger partial charge in [-0.2, -0.15) is 0 Å². The SMILES string of the molecule is O=C(CCc1ccc(-c2ccccc2F)o1)NCCCOCC1CC1. The van der Waals surface area contributed by atoms with Crippen LogP contribution in [0.4, 0.5) is 4.39 Å². The number of carbonyl (C=O) groups is 1. The Kier molecular flexibility index (Phi) is 6.23. The molecule has 0 radical (unpaired) electrons. The number of nitrogens with one attached hydrogen (secondary N) is 1. The van der Waals surface area contributed by atoms with Crippen molar-refractivity contribution in [3.63, 3.8) is 0 Å². The smallest absolute Gasteiger partial charge is 0.220 e. The van der Waals surface area contributed by atoms with E-state index < -0.39 is 0 Å². The molecule has 25 heavy (non-hydrogen) atoms. The Labute approximate surface area is 147 Å². The molecule has 0 saturated heterocycles. The third-order valence-electron chi connectivity index (χ3n) is 4.24. The van der Waals surface area contributed by atoms with Crippen LogP contribution in [0.3, 0.4) is 0 Å². The third kappa shape index (κ3) is 5.71. The molecule has 0 aliphatic heterocycles. The van der Waals surface area contributed by atoms with Gasteiger partial charge in [0.15, 0.2) is 0 Å². The van der Waals surface area contributed by atoms with E-state index in [1.54, 1.807) is 30.3 Å². The van der Waals surface area contributed by atoms with E-state index in [1.165, 1.54) is 18.9 Å². The number of amides is 1. The van der Waals surface area contributed by atoms with Gasteiger partial charge in [-0.25, -0.2) is 4.39 Å². The molecule has 0 spiro atoms. The Morgan fingerprint density at radius 2 is 2.08 bits per heavy atom. The minimum absolute atomic E-state index is 0.00830. The molecule has 2 aromatic rings. The van der Waals surface area contributed by atoms with Crippen molar-refractivity contribution in [3.05, 3.63) is 48.0 Å². The van der Waals surface area contributed by atoms with Gasteiger partial charge in [0.1, 0.15) is 17.3 Å². The number of aryl methyl sites for hydroxylation is 1. The van der Waals surface area contributed by atoms with Crippen molar-refractivity contribution in [1.82, 2.24) is 5.32 Å². The van der Waals surface area contributed by atoms with Crippen LogP contribution in [0.25, 0.3) is 11.3 Å². The lowest BCUT2D eigenvalue weighted by molar-refractivity contribution is -0.121. The summed E-state index contributed by atoms with van der Waals surface area (Å²) in [6.45, 7) is 2.18. The first-order valence-corrected chi connectivity index (χ1v) is 8.90. The number of ether oxygens (including phenoxy) is 1. The van der Waals surface area contributed by atoms with Crippen LogP contribution in [0, 0.1) is 11.7 Å². The van der Waals surface area contributed by atoms with E-state index in [0.717, 1.165) is 18.9 Å². The number of furan rings is 1. The molecule has 1 fully saturated rings. The quantitative estimate of drug-likeness (QED) is 0.663. The summed E-state index contributed by atoms with van der Waals surface area (Å²) in [6, 6.07) is 10.0. The summed E-state index contributed by atoms with van der Waals surface area (Å²) >= 11 is 0. The average Bonchev–Trinajstić information content (AvgIpc) is 3.32. The van der Waals surface area contributed by atoms with Crippen molar-refractivity contribution in [1.29, 1.82) is 0 Å². The lowest BCUT2D eigenvalue weighted by atomic mass is 10.1. The summed E-state index contributed by atoms with van der Waals surface area (Å²) in [7, 11) is 0. The van der Waals surface area contributed by atoms with Crippen LogP contribution in [-0.4, -0.2) is 25.7 Å². The van der Waals surface area contributed by atoms with E-state index in [4.69, 9.17) is 9.15 Å². The maximum Gasteiger partial charge on any atom is 0.220 e. The van der Waals surface area contributed by atoms with Crippen molar-refractivity contribution in [2.75, 3.05) is 19.8 Å². The van der Waals surface area contributed by atoms with Crippen molar-refractivity contribution in [2.45, 2.75) is 32.1 Å². The van der Waals surface area contributed by atoms with Crippen LogP contribution in [0.5, 0.6) is 0 Å². The highest BCUT2D eigenvalue weighted by molar-refractivity contribution is 5.76. The zero-order valence-electron chi connectivity index (χ0n) is 14.3. The molecule has 3 rings (SSSR count). The molecule has 1 aliphatic rings. The van der Waals surface area contributed by atoms with Crippen LogP contribution < -0.4 is 5.32 Å². The normalized spacial score (nSPS) is 13.8. The topological polar surface area (TPSA) is 51.5 Å². The van der Waals surface area contributed by atoms with Gasteiger partial charge in [-0.3, -0.25) is 4.79 Å². The number of rotatable bonds is 10. The van der Waals surface area contributed by atoms with E-state index in [9.17, 15) is 9.18 Å². The van der Waals surface area contributed by atoms with Crippen molar-refractivity contribution in [3.8, 4) is 11.3 Å². The summed E-state index contributed by atoms with van der Waals surface area (Å²) in [5.41, 5.74) is 0.435. The number of hydrogen-bond donors (Lipinski definition) is 1. The fourth-order valence-corrected chi connectivity index (χ4v) is 2.58. The Bertz CT molecular complexity index is 694. The maximum absolute atomic E-state index is 13.7. The van der Waals surface area contributed by atoms with Crippen LogP contribution in [-0.2, 0) is 16.0 Å². The van der Waals surface area contributed by atoms with Crippen molar-refractivity contribution >= 4 is 5.91 Å². The van der Waals surface area contributed by atoms with Gasteiger partial charge in [0, 0.05) is 32.6 Å². The zero-order chi connectivity index (χ0) is 17.5. The van der Waals surface area contributed by atoms with Gasteiger partial charge >= 0.3 is 0 Å². The van der Waals surface area contributed by atoms with E-state index in [1.807, 2.05) is 0 Å². The predicted octanol–water partition coefficient (Wildman–Crippen LogP) is 3.95. The molecule has 1 aromatic heterocycles. The van der Waals surface area contributed by atoms with Gasteiger partial charge in [-0.15, -0.1) is 0 Å². The molecule has 5 heteroatoms. The molecule has 0 bridgehead atoms. The molecule has 1 saturated carbocycles. The fraction of sp³-hybridized carbons (Fsp3) is 0.450. The highest BCUT2D eigenvalue weighted by Crippen LogP contribution is 2.28. The third-order valence-corrected chi connectivity index (χ3v) is 4.24. The van der Waals surface area contributed by atoms with E-state index >= 15 is 0 Å². The first-order chi connectivity index (χ1) is 12.2. The lowest BCUT2D eigenvalue weighted by Crippen LogP contribution is -2.25. The first kappa shape index (κ1) is 17.7. The van der Waals surface area contributed by atoms with Crippen LogP contribution in [0.1, 0.15) is 31.4 Å². The molecule has 1 N–H and O–H groups in total. The Hall–Kier alpha value is -2.14. The Balaban J connectivity index is 1.34. The largest absolute Gasteiger partial charge is 0.461 e. The zero-order valence-corrected chi connectivity index (χ0v) is 14.3. The van der Waals surface area contributed by atoms with Gasteiger partial charge in [0.2, 0.25) is 5.91 Å². The second-order valence-electron chi connectivity index (χ2n) is 6.47. The summed E-state index contributed by atoms with van der Waals surface area (Å²) in [4.78, 5) is 11.8. The molecule has 134 valence electrons. The highest BCUT2D eigenvalue weighted by atomic mass is 19.1. The maximum atomic E-state index is 13.7. The molecule has 1 heterocycles. The van der Waals surface area contributed by atoms with Crippen LogP contribution in [0.2, 0.25) is 0 Å². The van der Waals surface area contributed by atoms with Gasteiger partial charge in [-0.1, -0.05) is 12.1 Å². The van der Waals surface area contributed by atoms with Crippen molar-refractivity contribution < 1.29 is 18.3 Å². The lowest BCUT2D eigenvalue weighted by Gasteiger charge is -2.05. The second-order valence-corrected chi connectivity index (χ2v) is 6.47. The highest BCUT2D eigenvalue weighted by Gasteiger charge is 2.20. The van der Waals surface area contributed by atoms with Crippen molar-refractivity contribution in [2.24, 2.45) is 5.92 Å². The second kappa shape index (κ2) is 8.81. The predicted molar refractivity (Wildman–Crippen MR) is 93.6 cm³/mol. The van der Waals surface area contributed by atoms with E-state index in [2.05, 4.69) is 5.32 Å². The summed E-state index contributed by atoms with van der Waals surface area (Å²) in [5, 5.41) is 2.88. The average molecular weight is 345 g/mol. The summed E-state index contributed by atoms with van der Waals surface area (Å²) < 4.78 is 24.9. The van der Waals surface area contributed by atoms with Gasteiger partial charge in [0.25, 0.3) is 0 Å². The number of hydrogen-bond acceptors (Lipinski definition) is 3. The summed E-state index contributed by atoms with van der Waals surface area (Å²) in [6.07, 6.45) is 4.27. The molecule has 0 unspecified atom stereocenters.